The zero-order valence-electron chi connectivity index (χ0n) is 13.5. The summed E-state index contributed by atoms with van der Waals surface area (Å²) >= 11 is 0. The van der Waals surface area contributed by atoms with Gasteiger partial charge in [-0.05, 0) is 36.4 Å². The van der Waals surface area contributed by atoms with Gasteiger partial charge in [0.25, 0.3) is 5.91 Å². The number of methoxy groups -OCH3 is 1. The quantitative estimate of drug-likeness (QED) is 0.786. The summed E-state index contributed by atoms with van der Waals surface area (Å²) in [5.41, 5.74) is 1.88. The summed E-state index contributed by atoms with van der Waals surface area (Å²) in [7, 11) is 1.57. The number of carbonyl (C=O) groups is 1. The van der Waals surface area contributed by atoms with Crippen LogP contribution < -0.4 is 20.1 Å². The Morgan fingerprint density at radius 2 is 1.87 bits per heavy atom. The van der Waals surface area contributed by atoms with Crippen LogP contribution in [0.1, 0.15) is 12.5 Å². The lowest BCUT2D eigenvalue weighted by Gasteiger charge is -2.11. The van der Waals surface area contributed by atoms with Crippen molar-refractivity contribution in [2.24, 2.45) is 0 Å². The highest BCUT2D eigenvalue weighted by Crippen LogP contribution is 2.25. The van der Waals surface area contributed by atoms with Crippen LogP contribution in [0, 0.1) is 0 Å². The molecule has 0 aliphatic rings. The van der Waals surface area contributed by atoms with Crippen LogP contribution in [0.3, 0.4) is 0 Å². The summed E-state index contributed by atoms with van der Waals surface area (Å²) in [5, 5.41) is 6.09. The molecule has 0 spiro atoms. The molecule has 0 heterocycles. The number of amides is 1. The van der Waals surface area contributed by atoms with Gasteiger partial charge in [0.2, 0.25) is 0 Å². The maximum atomic E-state index is 12.0. The lowest BCUT2D eigenvalue weighted by molar-refractivity contribution is -0.118. The SMILES string of the molecule is CCNCc1cccc(NC(=O)COc2ccccc2OC)c1. The molecular weight excluding hydrogens is 292 g/mol. The Morgan fingerprint density at radius 3 is 2.61 bits per heavy atom. The van der Waals surface area contributed by atoms with E-state index in [-0.39, 0.29) is 12.5 Å². The Balaban J connectivity index is 1.89. The van der Waals surface area contributed by atoms with Crippen LogP contribution in [-0.4, -0.2) is 26.2 Å². The summed E-state index contributed by atoms with van der Waals surface area (Å²) in [6, 6.07) is 15.0. The van der Waals surface area contributed by atoms with Crippen LogP contribution in [-0.2, 0) is 11.3 Å². The van der Waals surface area contributed by atoms with Gasteiger partial charge in [0.05, 0.1) is 7.11 Å². The van der Waals surface area contributed by atoms with E-state index in [1.54, 1.807) is 19.2 Å². The lowest BCUT2D eigenvalue weighted by atomic mass is 10.2. The fourth-order valence-electron chi connectivity index (χ4n) is 2.11. The molecule has 0 radical (unpaired) electrons. The molecule has 2 aromatic carbocycles. The van der Waals surface area contributed by atoms with Gasteiger partial charge in [0.15, 0.2) is 18.1 Å². The predicted molar refractivity (Wildman–Crippen MR) is 90.9 cm³/mol. The fraction of sp³-hybridized carbons (Fsp3) is 0.278. The minimum Gasteiger partial charge on any atom is -0.493 e. The molecule has 5 heteroatoms. The molecule has 0 fully saturated rings. The highest BCUT2D eigenvalue weighted by atomic mass is 16.5. The van der Waals surface area contributed by atoms with Crippen molar-refractivity contribution in [3.63, 3.8) is 0 Å². The monoisotopic (exact) mass is 314 g/mol. The van der Waals surface area contributed by atoms with Crippen molar-refractivity contribution >= 4 is 11.6 Å². The Kier molecular flexibility index (Phi) is 6.44. The molecule has 0 aliphatic heterocycles. The van der Waals surface area contributed by atoms with Gasteiger partial charge in [0, 0.05) is 12.2 Å². The Morgan fingerprint density at radius 1 is 1.09 bits per heavy atom. The van der Waals surface area contributed by atoms with E-state index in [0.717, 1.165) is 24.3 Å². The topological polar surface area (TPSA) is 59.6 Å². The highest BCUT2D eigenvalue weighted by Gasteiger charge is 2.07. The summed E-state index contributed by atoms with van der Waals surface area (Å²) in [6.07, 6.45) is 0. The summed E-state index contributed by atoms with van der Waals surface area (Å²) in [6.45, 7) is 3.67. The maximum Gasteiger partial charge on any atom is 0.262 e. The number of carbonyl (C=O) groups excluding carboxylic acids is 1. The lowest BCUT2D eigenvalue weighted by Crippen LogP contribution is -2.20. The molecule has 122 valence electrons. The van der Waals surface area contributed by atoms with E-state index >= 15 is 0 Å². The van der Waals surface area contributed by atoms with E-state index in [1.165, 1.54) is 0 Å². The molecule has 2 aromatic rings. The van der Waals surface area contributed by atoms with Crippen LogP contribution in [0.5, 0.6) is 11.5 Å². The zero-order chi connectivity index (χ0) is 16.5. The molecule has 0 aromatic heterocycles. The molecule has 0 atom stereocenters. The van der Waals surface area contributed by atoms with Crippen molar-refractivity contribution in [1.29, 1.82) is 0 Å². The number of nitrogens with one attached hydrogen (secondary N) is 2. The number of benzene rings is 2. The standard InChI is InChI=1S/C18H22N2O3/c1-3-19-12-14-7-6-8-15(11-14)20-18(21)13-23-17-10-5-4-9-16(17)22-2/h4-11,19H,3,12-13H2,1-2H3,(H,20,21). The molecule has 0 unspecified atom stereocenters. The maximum absolute atomic E-state index is 12.0. The average molecular weight is 314 g/mol. The number of para-hydroxylation sites is 2. The third-order valence-electron chi connectivity index (χ3n) is 3.22. The van der Waals surface area contributed by atoms with Gasteiger partial charge in [-0.1, -0.05) is 31.2 Å². The van der Waals surface area contributed by atoms with Crippen LogP contribution in [0.2, 0.25) is 0 Å². The summed E-state index contributed by atoms with van der Waals surface area (Å²) < 4.78 is 10.7. The molecule has 0 saturated heterocycles. The predicted octanol–water partition coefficient (Wildman–Crippen LogP) is 2.82. The first kappa shape index (κ1) is 16.8. The molecule has 2 rings (SSSR count). The highest BCUT2D eigenvalue weighted by molar-refractivity contribution is 5.91. The van der Waals surface area contributed by atoms with Gasteiger partial charge in [0.1, 0.15) is 0 Å². The Bertz CT molecular complexity index is 644. The largest absolute Gasteiger partial charge is 0.493 e. The van der Waals surface area contributed by atoms with Crippen LogP contribution in [0.4, 0.5) is 5.69 Å². The molecule has 23 heavy (non-hydrogen) atoms. The first-order valence-corrected chi connectivity index (χ1v) is 7.58. The van der Waals surface area contributed by atoms with Gasteiger partial charge in [-0.25, -0.2) is 0 Å². The van der Waals surface area contributed by atoms with Gasteiger partial charge >= 0.3 is 0 Å². The Hall–Kier alpha value is -2.53. The second kappa shape index (κ2) is 8.80. The average Bonchev–Trinajstić information content (AvgIpc) is 2.58. The van der Waals surface area contributed by atoms with Gasteiger partial charge < -0.3 is 20.1 Å². The minimum absolute atomic E-state index is 0.0716. The molecule has 1 amide bonds. The first-order valence-electron chi connectivity index (χ1n) is 7.58. The zero-order valence-corrected chi connectivity index (χ0v) is 13.5. The molecule has 0 bridgehead atoms. The summed E-state index contributed by atoms with van der Waals surface area (Å²) in [5.74, 6) is 0.940. The van der Waals surface area contributed by atoms with Crippen molar-refractivity contribution < 1.29 is 14.3 Å². The fourth-order valence-corrected chi connectivity index (χ4v) is 2.11. The van der Waals surface area contributed by atoms with E-state index in [2.05, 4.69) is 17.6 Å². The second-order valence-electron chi connectivity index (χ2n) is 4.97. The molecule has 2 N–H and O–H groups in total. The number of rotatable bonds is 8. The van der Waals surface area contributed by atoms with E-state index in [4.69, 9.17) is 9.47 Å². The molecule has 0 saturated carbocycles. The van der Waals surface area contributed by atoms with Crippen molar-refractivity contribution in [1.82, 2.24) is 5.32 Å². The minimum atomic E-state index is -0.212. The van der Waals surface area contributed by atoms with E-state index < -0.39 is 0 Å². The molecule has 5 nitrogen and oxygen atoms in total. The van der Waals surface area contributed by atoms with E-state index in [0.29, 0.717) is 11.5 Å². The van der Waals surface area contributed by atoms with Crippen LogP contribution in [0.25, 0.3) is 0 Å². The van der Waals surface area contributed by atoms with Crippen molar-refractivity contribution in [2.75, 3.05) is 25.6 Å². The number of hydrogen-bond donors (Lipinski definition) is 2. The van der Waals surface area contributed by atoms with E-state index in [1.807, 2.05) is 36.4 Å². The summed E-state index contributed by atoms with van der Waals surface area (Å²) in [4.78, 5) is 12.0. The number of anilines is 1. The van der Waals surface area contributed by atoms with Gasteiger partial charge in [-0.2, -0.15) is 0 Å². The smallest absolute Gasteiger partial charge is 0.262 e. The van der Waals surface area contributed by atoms with Crippen molar-refractivity contribution in [3.8, 4) is 11.5 Å². The first-order chi connectivity index (χ1) is 11.2. The third kappa shape index (κ3) is 5.30. The second-order valence-corrected chi connectivity index (χ2v) is 4.97. The third-order valence-corrected chi connectivity index (χ3v) is 3.22. The van der Waals surface area contributed by atoms with Gasteiger partial charge in [-0.3, -0.25) is 4.79 Å². The molecule has 0 aliphatic carbocycles. The Labute approximate surface area is 136 Å². The van der Waals surface area contributed by atoms with Crippen LogP contribution in [0.15, 0.2) is 48.5 Å². The van der Waals surface area contributed by atoms with Crippen LogP contribution >= 0.6 is 0 Å². The van der Waals surface area contributed by atoms with E-state index in [9.17, 15) is 4.79 Å². The normalized spacial score (nSPS) is 10.2. The van der Waals surface area contributed by atoms with Crippen molar-refractivity contribution in [3.05, 3.63) is 54.1 Å². The number of ether oxygens (including phenoxy) is 2. The van der Waals surface area contributed by atoms with Crippen molar-refractivity contribution in [2.45, 2.75) is 13.5 Å². The number of hydrogen-bond acceptors (Lipinski definition) is 4. The molecular formula is C18H22N2O3. The van der Waals surface area contributed by atoms with Gasteiger partial charge in [-0.15, -0.1) is 0 Å².